The Kier molecular flexibility index (Phi) is 6.35. The lowest BCUT2D eigenvalue weighted by molar-refractivity contribution is -0.917. The van der Waals surface area contributed by atoms with E-state index in [-0.39, 0.29) is 5.91 Å². The van der Waals surface area contributed by atoms with Crippen LogP contribution >= 0.6 is 0 Å². The first-order chi connectivity index (χ1) is 13.1. The van der Waals surface area contributed by atoms with Crippen LogP contribution in [0.4, 0.5) is 0 Å². The largest absolute Gasteiger partial charge is 0.497 e. The van der Waals surface area contributed by atoms with Crippen molar-refractivity contribution in [2.24, 2.45) is 0 Å². The third-order valence-electron chi connectivity index (χ3n) is 5.36. The molecule has 0 atom stereocenters. The average molecular weight is 369 g/mol. The number of aryl methyl sites for hydroxylation is 1. The van der Waals surface area contributed by atoms with Crippen molar-refractivity contribution in [3.63, 3.8) is 0 Å². The van der Waals surface area contributed by atoms with Crippen LogP contribution in [0.15, 0.2) is 42.5 Å². The minimum Gasteiger partial charge on any atom is -0.497 e. The Morgan fingerprint density at radius 1 is 1.04 bits per heavy atom. The van der Waals surface area contributed by atoms with Crippen LogP contribution in [0.2, 0.25) is 0 Å². The van der Waals surface area contributed by atoms with Gasteiger partial charge in [-0.1, -0.05) is 30.3 Å². The standard InChI is InChI=1S/C22H28N2O3/c1-17-6-4-5-7-19(17)16-23-10-12-24(13-11-23)22(25)14-18-8-9-20(26-2)15-21(18)27-3/h4-9,15H,10-14,16H2,1-3H3/p+1. The van der Waals surface area contributed by atoms with Crippen molar-refractivity contribution in [3.8, 4) is 11.5 Å². The zero-order valence-electron chi connectivity index (χ0n) is 16.5. The van der Waals surface area contributed by atoms with Crippen LogP contribution in [-0.4, -0.2) is 51.2 Å². The highest BCUT2D eigenvalue weighted by atomic mass is 16.5. The molecule has 1 aliphatic heterocycles. The summed E-state index contributed by atoms with van der Waals surface area (Å²) in [5.41, 5.74) is 3.64. The Balaban J connectivity index is 1.55. The molecule has 5 nitrogen and oxygen atoms in total. The van der Waals surface area contributed by atoms with Crippen LogP contribution in [0.1, 0.15) is 16.7 Å². The van der Waals surface area contributed by atoms with Crippen molar-refractivity contribution in [1.82, 2.24) is 4.90 Å². The van der Waals surface area contributed by atoms with E-state index in [1.54, 1.807) is 14.2 Å². The number of hydrogen-bond donors (Lipinski definition) is 1. The number of hydrogen-bond acceptors (Lipinski definition) is 3. The van der Waals surface area contributed by atoms with Crippen LogP contribution in [0.25, 0.3) is 0 Å². The normalized spacial score (nSPS) is 14.9. The molecule has 0 saturated carbocycles. The average Bonchev–Trinajstić information content (AvgIpc) is 2.70. The molecule has 2 aromatic carbocycles. The molecule has 1 fully saturated rings. The van der Waals surface area contributed by atoms with E-state index in [9.17, 15) is 4.79 Å². The van der Waals surface area contributed by atoms with Gasteiger partial charge in [0.25, 0.3) is 0 Å². The lowest BCUT2D eigenvalue weighted by Crippen LogP contribution is -3.13. The predicted molar refractivity (Wildman–Crippen MR) is 105 cm³/mol. The van der Waals surface area contributed by atoms with Crippen molar-refractivity contribution in [1.29, 1.82) is 0 Å². The number of rotatable bonds is 6. The van der Waals surface area contributed by atoms with Gasteiger partial charge in [-0.3, -0.25) is 4.79 Å². The molecule has 0 aromatic heterocycles. The minimum absolute atomic E-state index is 0.161. The highest BCUT2D eigenvalue weighted by Gasteiger charge is 2.24. The fraction of sp³-hybridized carbons (Fsp3) is 0.409. The molecule has 0 aliphatic carbocycles. The molecule has 5 heteroatoms. The second-order valence-electron chi connectivity index (χ2n) is 7.09. The lowest BCUT2D eigenvalue weighted by atomic mass is 10.1. The molecule has 0 spiro atoms. The molecule has 0 radical (unpaired) electrons. The summed E-state index contributed by atoms with van der Waals surface area (Å²) in [4.78, 5) is 16.3. The molecule has 144 valence electrons. The number of quaternary nitrogens is 1. The maximum Gasteiger partial charge on any atom is 0.227 e. The summed E-state index contributed by atoms with van der Waals surface area (Å²) >= 11 is 0. The molecular weight excluding hydrogens is 340 g/mol. The molecule has 1 amide bonds. The lowest BCUT2D eigenvalue weighted by Gasteiger charge is -2.32. The van der Waals surface area contributed by atoms with Crippen molar-refractivity contribution in [3.05, 3.63) is 59.2 Å². The molecule has 1 N–H and O–H groups in total. The fourth-order valence-electron chi connectivity index (χ4n) is 3.60. The van der Waals surface area contributed by atoms with E-state index in [0.29, 0.717) is 12.2 Å². The maximum absolute atomic E-state index is 12.7. The van der Waals surface area contributed by atoms with Gasteiger partial charge >= 0.3 is 0 Å². The summed E-state index contributed by atoms with van der Waals surface area (Å²) in [6.45, 7) is 6.77. The Morgan fingerprint density at radius 2 is 1.78 bits per heavy atom. The molecule has 0 unspecified atom stereocenters. The summed E-state index contributed by atoms with van der Waals surface area (Å²) in [6, 6.07) is 14.2. The molecule has 1 heterocycles. The van der Waals surface area contributed by atoms with Gasteiger partial charge in [-0.05, 0) is 18.6 Å². The first-order valence-corrected chi connectivity index (χ1v) is 9.47. The van der Waals surface area contributed by atoms with Crippen LogP contribution < -0.4 is 14.4 Å². The zero-order valence-corrected chi connectivity index (χ0v) is 16.5. The topological polar surface area (TPSA) is 43.2 Å². The van der Waals surface area contributed by atoms with E-state index in [1.165, 1.54) is 16.0 Å². The van der Waals surface area contributed by atoms with Crippen molar-refractivity contribution < 1.29 is 19.2 Å². The van der Waals surface area contributed by atoms with Crippen LogP contribution in [-0.2, 0) is 17.8 Å². The van der Waals surface area contributed by atoms with Gasteiger partial charge in [-0.25, -0.2) is 0 Å². The number of carbonyl (C=O) groups is 1. The molecule has 1 aliphatic rings. The fourth-order valence-corrected chi connectivity index (χ4v) is 3.60. The number of amides is 1. The van der Waals surface area contributed by atoms with Crippen LogP contribution in [0.3, 0.4) is 0 Å². The highest BCUT2D eigenvalue weighted by Crippen LogP contribution is 2.25. The summed E-state index contributed by atoms with van der Waals surface area (Å²) < 4.78 is 10.6. The third kappa shape index (κ3) is 4.80. The molecule has 0 bridgehead atoms. The van der Waals surface area contributed by atoms with Gasteiger partial charge < -0.3 is 19.3 Å². The Labute approximate surface area is 161 Å². The molecule has 1 saturated heterocycles. The van der Waals surface area contributed by atoms with Gasteiger partial charge in [-0.15, -0.1) is 0 Å². The van der Waals surface area contributed by atoms with Gasteiger partial charge in [-0.2, -0.15) is 0 Å². The number of nitrogens with one attached hydrogen (secondary N) is 1. The van der Waals surface area contributed by atoms with E-state index in [2.05, 4.69) is 31.2 Å². The number of benzene rings is 2. The number of ether oxygens (including phenoxy) is 2. The van der Waals surface area contributed by atoms with Gasteiger partial charge in [0.2, 0.25) is 5.91 Å². The summed E-state index contributed by atoms with van der Waals surface area (Å²) in [6.07, 6.45) is 0.361. The van der Waals surface area contributed by atoms with Gasteiger partial charge in [0.1, 0.15) is 18.0 Å². The Bertz CT molecular complexity index is 783. The zero-order chi connectivity index (χ0) is 19.2. The van der Waals surface area contributed by atoms with E-state index in [1.807, 2.05) is 23.1 Å². The van der Waals surface area contributed by atoms with Crippen molar-refractivity contribution in [2.75, 3.05) is 40.4 Å². The monoisotopic (exact) mass is 369 g/mol. The quantitative estimate of drug-likeness (QED) is 0.839. The van der Waals surface area contributed by atoms with E-state index >= 15 is 0 Å². The number of carbonyl (C=O) groups excluding carboxylic acids is 1. The molecule has 27 heavy (non-hydrogen) atoms. The van der Waals surface area contributed by atoms with E-state index < -0.39 is 0 Å². The Morgan fingerprint density at radius 3 is 2.44 bits per heavy atom. The first kappa shape index (κ1) is 19.2. The number of piperazine rings is 1. The summed E-state index contributed by atoms with van der Waals surface area (Å²) in [5, 5.41) is 0. The van der Waals surface area contributed by atoms with Crippen LogP contribution in [0, 0.1) is 6.92 Å². The third-order valence-corrected chi connectivity index (χ3v) is 5.36. The smallest absolute Gasteiger partial charge is 0.227 e. The van der Waals surface area contributed by atoms with Crippen LogP contribution in [0.5, 0.6) is 11.5 Å². The van der Waals surface area contributed by atoms with Gasteiger partial charge in [0.15, 0.2) is 0 Å². The summed E-state index contributed by atoms with van der Waals surface area (Å²) in [7, 11) is 3.24. The van der Waals surface area contributed by atoms with Gasteiger partial charge in [0, 0.05) is 17.2 Å². The summed E-state index contributed by atoms with van der Waals surface area (Å²) in [5.74, 6) is 1.59. The molecule has 2 aromatic rings. The van der Waals surface area contributed by atoms with Crippen molar-refractivity contribution >= 4 is 5.91 Å². The van der Waals surface area contributed by atoms with Crippen molar-refractivity contribution in [2.45, 2.75) is 19.9 Å². The SMILES string of the molecule is COc1ccc(CC(=O)N2CC[NH+](Cc3ccccc3C)CC2)c(OC)c1. The highest BCUT2D eigenvalue weighted by molar-refractivity contribution is 5.79. The molecule has 3 rings (SSSR count). The van der Waals surface area contributed by atoms with E-state index in [4.69, 9.17) is 9.47 Å². The predicted octanol–water partition coefficient (Wildman–Crippen LogP) is 1.48. The number of nitrogens with zero attached hydrogens (tertiary/aromatic N) is 1. The van der Waals surface area contributed by atoms with Gasteiger partial charge in [0.05, 0.1) is 46.8 Å². The second-order valence-corrected chi connectivity index (χ2v) is 7.09. The maximum atomic E-state index is 12.7. The van der Waals surface area contributed by atoms with E-state index in [0.717, 1.165) is 44.0 Å². The Hall–Kier alpha value is -2.53. The first-order valence-electron chi connectivity index (χ1n) is 9.47. The second kappa shape index (κ2) is 8.91. The minimum atomic E-state index is 0.161. The number of methoxy groups -OCH3 is 2. The molecular formula is C22H29N2O3+.